The van der Waals surface area contributed by atoms with Crippen molar-refractivity contribution in [1.29, 1.82) is 0 Å². The maximum absolute atomic E-state index is 15.1. The molecule has 0 radical (unpaired) electrons. The largest absolute Gasteiger partial charge is 0.527 e. The summed E-state index contributed by atoms with van der Waals surface area (Å²) in [6, 6.07) is 18.0. The lowest BCUT2D eigenvalue weighted by molar-refractivity contribution is -0.432. The number of ether oxygens (including phenoxy) is 1. The predicted octanol–water partition coefficient (Wildman–Crippen LogP) is 11.5. The van der Waals surface area contributed by atoms with Gasteiger partial charge in [-0.3, -0.25) is 0 Å². The molecular weight excluding hydrogens is 588 g/mol. The number of halogens is 8. The number of aryl methyl sites for hydroxylation is 1. The SMILES string of the molecule is C/C=C/CCc1ccc2cc(C3CCC(c4ccc(-c5cc(F)c(C(F)(F)OC(F)(F)F)c(F)c5)c(F)c4)CC3)ccc2c1. The fraction of sp³-hybridized carbons (Fsp3) is 0.314. The Morgan fingerprint density at radius 1 is 0.705 bits per heavy atom. The fourth-order valence-corrected chi connectivity index (χ4v) is 6.12. The second-order valence-corrected chi connectivity index (χ2v) is 11.2. The first kappa shape index (κ1) is 31.7. The van der Waals surface area contributed by atoms with Gasteiger partial charge in [0.1, 0.15) is 23.0 Å². The van der Waals surface area contributed by atoms with E-state index in [0.29, 0.717) is 23.6 Å². The van der Waals surface area contributed by atoms with E-state index in [1.807, 2.05) is 6.92 Å². The first-order chi connectivity index (χ1) is 20.8. The lowest BCUT2D eigenvalue weighted by atomic mass is 9.75. The van der Waals surface area contributed by atoms with Gasteiger partial charge >= 0.3 is 12.5 Å². The highest BCUT2D eigenvalue weighted by Crippen LogP contribution is 2.43. The number of fused-ring (bicyclic) bond motifs is 1. The molecule has 0 unspecified atom stereocenters. The van der Waals surface area contributed by atoms with Crippen molar-refractivity contribution in [3.8, 4) is 11.1 Å². The van der Waals surface area contributed by atoms with E-state index in [2.05, 4.69) is 53.3 Å². The van der Waals surface area contributed by atoms with Crippen LogP contribution < -0.4 is 0 Å². The zero-order valence-corrected chi connectivity index (χ0v) is 23.8. The summed E-state index contributed by atoms with van der Waals surface area (Å²) >= 11 is 0. The number of rotatable bonds is 8. The number of hydrogen-bond donors (Lipinski definition) is 0. The van der Waals surface area contributed by atoms with E-state index in [9.17, 15) is 30.7 Å². The summed E-state index contributed by atoms with van der Waals surface area (Å²) in [7, 11) is 0. The molecule has 0 N–H and O–H groups in total. The summed E-state index contributed by atoms with van der Waals surface area (Å²) in [5, 5.41) is 2.39. The monoisotopic (exact) mass is 618 g/mol. The molecule has 0 spiro atoms. The van der Waals surface area contributed by atoms with Crippen LogP contribution >= 0.6 is 0 Å². The van der Waals surface area contributed by atoms with Crippen LogP contribution in [-0.2, 0) is 17.3 Å². The van der Waals surface area contributed by atoms with Gasteiger partial charge in [-0.2, -0.15) is 8.78 Å². The highest BCUT2D eigenvalue weighted by molar-refractivity contribution is 5.84. The number of benzene rings is 4. The average molecular weight is 619 g/mol. The molecular formula is C35H30F8O. The molecule has 232 valence electrons. The molecule has 4 aromatic carbocycles. The third-order valence-corrected chi connectivity index (χ3v) is 8.32. The fourth-order valence-electron chi connectivity index (χ4n) is 6.12. The minimum absolute atomic E-state index is 0.0593. The Hall–Kier alpha value is -3.72. The van der Waals surface area contributed by atoms with Crippen molar-refractivity contribution in [2.24, 2.45) is 0 Å². The third kappa shape index (κ3) is 7.15. The Morgan fingerprint density at radius 2 is 1.27 bits per heavy atom. The average Bonchev–Trinajstić information content (AvgIpc) is 2.95. The highest BCUT2D eigenvalue weighted by Gasteiger charge is 2.49. The Morgan fingerprint density at radius 3 is 1.86 bits per heavy atom. The quantitative estimate of drug-likeness (QED) is 0.141. The molecule has 1 aliphatic carbocycles. The summed E-state index contributed by atoms with van der Waals surface area (Å²) < 4.78 is 111. The van der Waals surface area contributed by atoms with Crippen LogP contribution in [0.25, 0.3) is 21.9 Å². The van der Waals surface area contributed by atoms with Crippen molar-refractivity contribution in [3.05, 3.63) is 119 Å². The molecule has 0 aromatic heterocycles. The number of allylic oxidation sites excluding steroid dienone is 2. The summed E-state index contributed by atoms with van der Waals surface area (Å²) in [5.74, 6) is -4.39. The van der Waals surface area contributed by atoms with Crippen molar-refractivity contribution >= 4 is 10.8 Å². The molecule has 4 aromatic rings. The van der Waals surface area contributed by atoms with Crippen LogP contribution in [0, 0.1) is 17.5 Å². The Labute approximate surface area is 250 Å². The topological polar surface area (TPSA) is 9.23 Å². The van der Waals surface area contributed by atoms with E-state index in [-0.39, 0.29) is 11.5 Å². The molecule has 1 saturated carbocycles. The second-order valence-electron chi connectivity index (χ2n) is 11.2. The smallest absolute Gasteiger partial charge is 0.222 e. The van der Waals surface area contributed by atoms with Crippen LogP contribution in [0.2, 0.25) is 0 Å². The minimum Gasteiger partial charge on any atom is -0.222 e. The number of hydrogen-bond acceptors (Lipinski definition) is 1. The first-order valence-corrected chi connectivity index (χ1v) is 14.4. The lowest BCUT2D eigenvalue weighted by Crippen LogP contribution is -2.29. The normalized spacial score (nSPS) is 17.9. The molecule has 1 fully saturated rings. The van der Waals surface area contributed by atoms with Crippen LogP contribution in [-0.4, -0.2) is 6.36 Å². The minimum atomic E-state index is -5.84. The van der Waals surface area contributed by atoms with Crippen molar-refractivity contribution in [1.82, 2.24) is 0 Å². The number of alkyl halides is 5. The molecule has 0 heterocycles. The third-order valence-electron chi connectivity index (χ3n) is 8.32. The molecule has 5 rings (SSSR count). The zero-order valence-electron chi connectivity index (χ0n) is 23.8. The standard InChI is InChI=1S/C35H30F8O/c1-2-3-4-5-21-6-7-26-17-25(13-12-24(26)16-21)22-8-10-23(11-9-22)27-14-15-29(30(36)18-27)28-19-31(37)33(32(38)20-28)34(39,40)44-35(41,42)43/h2-3,6-7,12-20,22-23H,4-5,8-11H2,1H3/b3-2+. The molecule has 9 heteroatoms. The molecule has 1 aliphatic rings. The van der Waals surface area contributed by atoms with E-state index in [4.69, 9.17) is 0 Å². The Bertz CT molecular complexity index is 1640. The van der Waals surface area contributed by atoms with Crippen LogP contribution in [0.1, 0.15) is 73.1 Å². The van der Waals surface area contributed by atoms with E-state index >= 15 is 4.39 Å². The Kier molecular flexibility index (Phi) is 9.16. The van der Waals surface area contributed by atoms with Gasteiger partial charge in [0.15, 0.2) is 0 Å². The van der Waals surface area contributed by atoms with Crippen LogP contribution in [0.15, 0.2) is 78.9 Å². The first-order valence-electron chi connectivity index (χ1n) is 14.4. The molecule has 0 bridgehead atoms. The van der Waals surface area contributed by atoms with E-state index in [0.717, 1.165) is 38.5 Å². The molecule has 0 aliphatic heterocycles. The summed E-state index contributed by atoms with van der Waals surface area (Å²) in [6.45, 7) is 2.01. The summed E-state index contributed by atoms with van der Waals surface area (Å²) in [6.07, 6.45) is -1.54. The van der Waals surface area contributed by atoms with Gasteiger partial charge < -0.3 is 0 Å². The van der Waals surface area contributed by atoms with E-state index < -0.39 is 41.0 Å². The molecule has 0 saturated heterocycles. The maximum atomic E-state index is 15.1. The van der Waals surface area contributed by atoms with E-state index in [1.54, 1.807) is 6.07 Å². The van der Waals surface area contributed by atoms with Crippen molar-refractivity contribution in [3.63, 3.8) is 0 Å². The molecule has 0 amide bonds. The zero-order chi connectivity index (χ0) is 31.6. The summed E-state index contributed by atoms with van der Waals surface area (Å²) in [4.78, 5) is 0. The van der Waals surface area contributed by atoms with Gasteiger partial charge in [-0.05, 0) is 109 Å². The summed E-state index contributed by atoms with van der Waals surface area (Å²) in [5.41, 5.74) is 0.359. The maximum Gasteiger partial charge on any atom is 0.527 e. The van der Waals surface area contributed by atoms with Gasteiger partial charge in [0.05, 0.1) is 0 Å². The van der Waals surface area contributed by atoms with Gasteiger partial charge in [-0.15, -0.1) is 13.2 Å². The van der Waals surface area contributed by atoms with Crippen molar-refractivity contribution < 1.29 is 39.9 Å². The van der Waals surface area contributed by atoms with Gasteiger partial charge in [0.25, 0.3) is 0 Å². The van der Waals surface area contributed by atoms with Gasteiger partial charge in [-0.25, -0.2) is 17.9 Å². The molecule has 0 atom stereocenters. The molecule has 1 nitrogen and oxygen atoms in total. The van der Waals surface area contributed by atoms with Crippen LogP contribution in [0.3, 0.4) is 0 Å². The Balaban J connectivity index is 1.27. The molecule has 44 heavy (non-hydrogen) atoms. The van der Waals surface area contributed by atoms with E-state index in [1.165, 1.54) is 34.0 Å². The predicted molar refractivity (Wildman–Crippen MR) is 154 cm³/mol. The van der Waals surface area contributed by atoms with Crippen molar-refractivity contribution in [2.75, 3.05) is 0 Å². The van der Waals surface area contributed by atoms with Crippen LogP contribution in [0.5, 0.6) is 0 Å². The second kappa shape index (κ2) is 12.7. The lowest BCUT2D eigenvalue weighted by Gasteiger charge is -2.29. The van der Waals surface area contributed by atoms with Gasteiger partial charge in [0.2, 0.25) is 0 Å². The highest BCUT2D eigenvalue weighted by atomic mass is 19.4. The van der Waals surface area contributed by atoms with Crippen LogP contribution in [0.4, 0.5) is 35.1 Å². The van der Waals surface area contributed by atoms with Gasteiger partial charge in [-0.1, -0.05) is 60.7 Å². The van der Waals surface area contributed by atoms with Crippen molar-refractivity contribution in [2.45, 2.75) is 69.8 Å². The van der Waals surface area contributed by atoms with Gasteiger partial charge in [0, 0.05) is 5.56 Å².